The van der Waals surface area contributed by atoms with Crippen molar-refractivity contribution in [3.8, 4) is 28.8 Å². The summed E-state index contributed by atoms with van der Waals surface area (Å²) in [5, 5.41) is 3.40. The first-order valence-corrected chi connectivity index (χ1v) is 14.5. The van der Waals surface area contributed by atoms with Crippen LogP contribution in [0.25, 0.3) is 16.9 Å². The molecule has 1 aliphatic heterocycles. The number of aromatic nitrogens is 3. The number of nitrogens with two attached hydrogens (primary N) is 1. The first kappa shape index (κ1) is 29.1. The van der Waals surface area contributed by atoms with Crippen LogP contribution in [0.2, 0.25) is 0 Å². The number of carbonyl (C=O) groups excluding carboxylic acids is 1. The zero-order valence-electron chi connectivity index (χ0n) is 24.6. The summed E-state index contributed by atoms with van der Waals surface area (Å²) < 4.78 is 7.64. The molecular weight excluding hydrogens is 526 g/mol. The van der Waals surface area contributed by atoms with E-state index in [0.717, 1.165) is 59.9 Å². The second kappa shape index (κ2) is 13.5. The number of likely N-dealkylation sites (tertiary alicyclic amines) is 1. The van der Waals surface area contributed by atoms with Crippen LogP contribution in [0.5, 0.6) is 5.75 Å². The Hall–Kier alpha value is -4.39. The molecule has 0 spiro atoms. The van der Waals surface area contributed by atoms with Gasteiger partial charge in [-0.1, -0.05) is 11.8 Å². The first-order valence-electron chi connectivity index (χ1n) is 14.5. The van der Waals surface area contributed by atoms with Gasteiger partial charge in [0.25, 0.3) is 5.91 Å². The Morgan fingerprint density at radius 2 is 1.93 bits per heavy atom. The predicted octanol–water partition coefficient (Wildman–Crippen LogP) is 4.59. The highest BCUT2D eigenvalue weighted by atomic mass is 16.5. The fourth-order valence-electron chi connectivity index (χ4n) is 5.34. The van der Waals surface area contributed by atoms with Gasteiger partial charge >= 0.3 is 0 Å². The van der Waals surface area contributed by atoms with Gasteiger partial charge in [0, 0.05) is 42.8 Å². The highest BCUT2D eigenvalue weighted by Crippen LogP contribution is 2.28. The minimum absolute atomic E-state index is 0.0602. The molecule has 9 heteroatoms. The van der Waals surface area contributed by atoms with Crippen molar-refractivity contribution in [3.63, 3.8) is 0 Å². The molecule has 1 fully saturated rings. The lowest BCUT2D eigenvalue weighted by Crippen LogP contribution is -2.33. The molecule has 0 aliphatic carbocycles. The Labute approximate surface area is 247 Å². The third-order valence-electron chi connectivity index (χ3n) is 7.89. The average Bonchev–Trinajstić information content (AvgIpc) is 3.44. The van der Waals surface area contributed by atoms with Gasteiger partial charge in [-0.2, -0.15) is 0 Å². The molecule has 9 nitrogen and oxygen atoms in total. The number of benzene rings is 2. The Morgan fingerprint density at radius 1 is 1.14 bits per heavy atom. The number of imidazole rings is 1. The second-order valence-corrected chi connectivity index (χ2v) is 10.9. The van der Waals surface area contributed by atoms with Crippen LogP contribution in [0.1, 0.15) is 35.2 Å². The molecule has 2 aromatic carbocycles. The van der Waals surface area contributed by atoms with E-state index in [1.54, 1.807) is 6.20 Å². The van der Waals surface area contributed by atoms with E-state index in [1.807, 2.05) is 78.1 Å². The summed E-state index contributed by atoms with van der Waals surface area (Å²) in [6, 6.07) is 13.6. The second-order valence-electron chi connectivity index (χ2n) is 10.9. The molecule has 4 aromatic rings. The molecule has 0 saturated carbocycles. The van der Waals surface area contributed by atoms with Crippen LogP contribution in [0.4, 0.5) is 11.5 Å². The van der Waals surface area contributed by atoms with E-state index < -0.39 is 0 Å². The van der Waals surface area contributed by atoms with Crippen LogP contribution < -0.4 is 15.8 Å². The van der Waals surface area contributed by atoms with E-state index in [0.29, 0.717) is 30.5 Å². The smallest absolute Gasteiger partial charge is 0.253 e. The van der Waals surface area contributed by atoms with E-state index in [4.69, 9.17) is 10.5 Å². The number of carbonyl (C=O) groups is 1. The number of amides is 1. The molecule has 3 heterocycles. The number of piperidine rings is 1. The maximum Gasteiger partial charge on any atom is 0.253 e. The SMILES string of the molecule is Cc1cc(Nc2nccn3c(-c4ccc(OCC#CCN)cc4)cnc23)ccc1C(=O)N(C)CCC1CCN(C)CC1. The van der Waals surface area contributed by atoms with Crippen molar-refractivity contribution in [3.05, 3.63) is 72.2 Å². The van der Waals surface area contributed by atoms with Crippen molar-refractivity contribution in [2.45, 2.75) is 26.2 Å². The van der Waals surface area contributed by atoms with Crippen LogP contribution in [-0.4, -0.2) is 77.0 Å². The summed E-state index contributed by atoms with van der Waals surface area (Å²) in [6.45, 7) is 5.67. The van der Waals surface area contributed by atoms with E-state index in [1.165, 1.54) is 12.8 Å². The number of nitrogens with zero attached hydrogens (tertiary/aromatic N) is 5. The summed E-state index contributed by atoms with van der Waals surface area (Å²) in [4.78, 5) is 26.7. The number of aryl methyl sites for hydroxylation is 1. The molecular formula is C33H39N7O2. The Kier molecular flexibility index (Phi) is 9.37. The monoisotopic (exact) mass is 565 g/mol. The summed E-state index contributed by atoms with van der Waals surface area (Å²) in [5.41, 5.74) is 10.5. The molecule has 3 N–H and O–H groups in total. The van der Waals surface area contributed by atoms with Crippen LogP contribution in [0.3, 0.4) is 0 Å². The molecule has 1 aliphatic rings. The Bertz CT molecular complexity index is 1580. The van der Waals surface area contributed by atoms with Crippen molar-refractivity contribution < 1.29 is 9.53 Å². The molecule has 42 heavy (non-hydrogen) atoms. The number of hydrogen-bond donors (Lipinski definition) is 2. The van der Waals surface area contributed by atoms with E-state index in [-0.39, 0.29) is 5.91 Å². The molecule has 2 aromatic heterocycles. The van der Waals surface area contributed by atoms with Crippen molar-refractivity contribution >= 4 is 23.1 Å². The topological polar surface area (TPSA) is 101 Å². The summed E-state index contributed by atoms with van der Waals surface area (Å²) in [6.07, 6.45) is 8.95. The van der Waals surface area contributed by atoms with Gasteiger partial charge in [-0.25, -0.2) is 9.97 Å². The molecule has 5 rings (SSSR count). The molecule has 1 saturated heterocycles. The third kappa shape index (κ3) is 6.90. The molecule has 0 atom stereocenters. The fourth-order valence-corrected chi connectivity index (χ4v) is 5.34. The lowest BCUT2D eigenvalue weighted by molar-refractivity contribution is 0.0779. The van der Waals surface area contributed by atoms with Gasteiger partial charge in [-0.15, -0.1) is 0 Å². The highest BCUT2D eigenvalue weighted by molar-refractivity contribution is 5.96. The van der Waals surface area contributed by atoms with Gasteiger partial charge in [0.2, 0.25) is 0 Å². The van der Waals surface area contributed by atoms with Gasteiger partial charge < -0.3 is 25.6 Å². The summed E-state index contributed by atoms with van der Waals surface area (Å²) >= 11 is 0. The zero-order chi connectivity index (χ0) is 29.5. The number of ether oxygens (including phenoxy) is 1. The number of fused-ring (bicyclic) bond motifs is 1. The van der Waals surface area contributed by atoms with Crippen LogP contribution in [0.15, 0.2) is 61.1 Å². The van der Waals surface area contributed by atoms with Gasteiger partial charge in [0.1, 0.15) is 12.4 Å². The van der Waals surface area contributed by atoms with Crippen LogP contribution >= 0.6 is 0 Å². The standard InChI is InChI=1S/C33H39N7O2/c1-24-22-27(8-11-29(24)33(41)39(3)19-14-25-12-17-38(2)18-13-25)37-31-32-36-23-30(40(32)20-16-35-31)26-6-9-28(10-7-26)42-21-5-4-15-34/h6-11,16,20,22-23,25H,12-15,17-19,21,34H2,1-3H3,(H,35,37). The first-order chi connectivity index (χ1) is 20.4. The van der Waals surface area contributed by atoms with Gasteiger partial charge in [0.15, 0.2) is 11.5 Å². The molecule has 0 radical (unpaired) electrons. The number of rotatable bonds is 9. The summed E-state index contributed by atoms with van der Waals surface area (Å²) in [5.74, 6) is 7.78. The fraction of sp³-hybridized carbons (Fsp3) is 0.364. The highest BCUT2D eigenvalue weighted by Gasteiger charge is 2.20. The third-order valence-corrected chi connectivity index (χ3v) is 7.89. The van der Waals surface area contributed by atoms with Gasteiger partial charge in [-0.05, 0) is 100 Å². The average molecular weight is 566 g/mol. The van der Waals surface area contributed by atoms with Crippen molar-refractivity contribution in [2.75, 3.05) is 52.2 Å². The Balaban J connectivity index is 1.25. The number of nitrogens with one attached hydrogen (secondary N) is 1. The minimum atomic E-state index is 0.0602. The lowest BCUT2D eigenvalue weighted by Gasteiger charge is -2.30. The Morgan fingerprint density at radius 3 is 2.67 bits per heavy atom. The molecule has 0 unspecified atom stereocenters. The normalized spacial score (nSPS) is 13.9. The van der Waals surface area contributed by atoms with E-state index >= 15 is 0 Å². The van der Waals surface area contributed by atoms with Crippen LogP contribution in [0, 0.1) is 24.7 Å². The van der Waals surface area contributed by atoms with Crippen LogP contribution in [-0.2, 0) is 0 Å². The molecule has 1 amide bonds. The number of hydrogen-bond acceptors (Lipinski definition) is 7. The van der Waals surface area contributed by atoms with Crippen molar-refractivity contribution in [1.82, 2.24) is 24.2 Å². The zero-order valence-corrected chi connectivity index (χ0v) is 24.6. The number of anilines is 2. The van der Waals surface area contributed by atoms with E-state index in [9.17, 15) is 4.79 Å². The predicted molar refractivity (Wildman–Crippen MR) is 167 cm³/mol. The minimum Gasteiger partial charge on any atom is -0.481 e. The van der Waals surface area contributed by atoms with Gasteiger partial charge in [-0.3, -0.25) is 9.20 Å². The van der Waals surface area contributed by atoms with Crippen molar-refractivity contribution in [2.24, 2.45) is 11.7 Å². The van der Waals surface area contributed by atoms with Crippen molar-refractivity contribution in [1.29, 1.82) is 0 Å². The molecule has 218 valence electrons. The molecule has 0 bridgehead atoms. The maximum absolute atomic E-state index is 13.2. The lowest BCUT2D eigenvalue weighted by atomic mass is 9.93. The quantitative estimate of drug-likeness (QED) is 0.286. The summed E-state index contributed by atoms with van der Waals surface area (Å²) in [7, 11) is 4.08. The van der Waals surface area contributed by atoms with Gasteiger partial charge in [0.05, 0.1) is 18.4 Å². The largest absolute Gasteiger partial charge is 0.481 e. The maximum atomic E-state index is 13.2. The van der Waals surface area contributed by atoms with E-state index in [2.05, 4.69) is 39.1 Å².